The SMILES string of the molecule is CC(C)(C)C(=O)OCc1ccc(NI)cc1. The number of hydrogen-bond acceptors (Lipinski definition) is 3. The van der Waals surface area contributed by atoms with Crippen LogP contribution in [0.25, 0.3) is 0 Å². The van der Waals surface area contributed by atoms with Crippen molar-refractivity contribution in [1.82, 2.24) is 0 Å². The molecule has 0 aliphatic heterocycles. The lowest BCUT2D eigenvalue weighted by molar-refractivity contribution is -0.154. The fourth-order valence-electron chi connectivity index (χ4n) is 1.03. The molecule has 3 nitrogen and oxygen atoms in total. The zero-order valence-corrected chi connectivity index (χ0v) is 11.9. The van der Waals surface area contributed by atoms with E-state index in [-0.39, 0.29) is 5.97 Å². The summed E-state index contributed by atoms with van der Waals surface area (Å²) in [6.45, 7) is 5.87. The Labute approximate surface area is 110 Å². The minimum absolute atomic E-state index is 0.177. The van der Waals surface area contributed by atoms with Crippen molar-refractivity contribution in [3.05, 3.63) is 29.8 Å². The quantitative estimate of drug-likeness (QED) is 0.522. The van der Waals surface area contributed by atoms with Crippen molar-refractivity contribution >= 4 is 34.5 Å². The maximum Gasteiger partial charge on any atom is 0.311 e. The highest BCUT2D eigenvalue weighted by Crippen LogP contribution is 2.17. The van der Waals surface area contributed by atoms with Crippen LogP contribution >= 0.6 is 22.9 Å². The molecule has 1 rings (SSSR count). The van der Waals surface area contributed by atoms with Crippen molar-refractivity contribution in [2.24, 2.45) is 5.41 Å². The van der Waals surface area contributed by atoms with Gasteiger partial charge in [-0.2, -0.15) is 0 Å². The first kappa shape index (κ1) is 13.3. The number of rotatable bonds is 3. The van der Waals surface area contributed by atoms with Crippen molar-refractivity contribution in [3.8, 4) is 0 Å². The van der Waals surface area contributed by atoms with Crippen LogP contribution in [0.2, 0.25) is 0 Å². The molecule has 88 valence electrons. The van der Waals surface area contributed by atoms with Crippen LogP contribution < -0.4 is 3.53 Å². The van der Waals surface area contributed by atoms with Gasteiger partial charge < -0.3 is 8.27 Å². The second kappa shape index (κ2) is 5.52. The summed E-state index contributed by atoms with van der Waals surface area (Å²) in [4.78, 5) is 11.5. The van der Waals surface area contributed by atoms with Gasteiger partial charge in [0, 0.05) is 5.69 Å². The Morgan fingerprint density at radius 1 is 1.31 bits per heavy atom. The molecule has 0 saturated carbocycles. The van der Waals surface area contributed by atoms with Crippen LogP contribution in [0.15, 0.2) is 24.3 Å². The first-order chi connectivity index (χ1) is 7.43. The normalized spacial score (nSPS) is 11.0. The van der Waals surface area contributed by atoms with Crippen molar-refractivity contribution in [1.29, 1.82) is 0 Å². The lowest BCUT2D eigenvalue weighted by Crippen LogP contribution is -2.22. The van der Waals surface area contributed by atoms with Crippen LogP contribution in [0.3, 0.4) is 0 Å². The monoisotopic (exact) mass is 333 g/mol. The van der Waals surface area contributed by atoms with Gasteiger partial charge in [0.1, 0.15) is 6.61 Å². The molecule has 4 heteroatoms. The number of benzene rings is 1. The molecule has 0 unspecified atom stereocenters. The highest BCUT2D eigenvalue weighted by Gasteiger charge is 2.22. The molecule has 0 heterocycles. The van der Waals surface area contributed by atoms with E-state index in [0.29, 0.717) is 6.61 Å². The van der Waals surface area contributed by atoms with Crippen LogP contribution in [-0.4, -0.2) is 5.97 Å². The van der Waals surface area contributed by atoms with E-state index >= 15 is 0 Å². The van der Waals surface area contributed by atoms with Crippen LogP contribution in [0.5, 0.6) is 0 Å². The topological polar surface area (TPSA) is 38.3 Å². The summed E-state index contributed by atoms with van der Waals surface area (Å²) in [6, 6.07) is 7.78. The molecule has 0 aromatic heterocycles. The van der Waals surface area contributed by atoms with Gasteiger partial charge in [-0.1, -0.05) is 12.1 Å². The Kier molecular flexibility index (Phi) is 4.58. The molecule has 0 saturated heterocycles. The highest BCUT2D eigenvalue weighted by atomic mass is 127. The van der Waals surface area contributed by atoms with Gasteiger partial charge >= 0.3 is 5.97 Å². The first-order valence-electron chi connectivity index (χ1n) is 5.06. The van der Waals surface area contributed by atoms with E-state index in [1.54, 1.807) is 0 Å². The lowest BCUT2D eigenvalue weighted by atomic mass is 9.97. The fraction of sp³-hybridized carbons (Fsp3) is 0.417. The van der Waals surface area contributed by atoms with Crippen molar-refractivity contribution in [3.63, 3.8) is 0 Å². The van der Waals surface area contributed by atoms with E-state index < -0.39 is 5.41 Å². The summed E-state index contributed by atoms with van der Waals surface area (Å²) in [7, 11) is 0. The number of halogens is 1. The number of nitrogens with one attached hydrogen (secondary N) is 1. The number of esters is 1. The van der Waals surface area contributed by atoms with Crippen molar-refractivity contribution in [2.75, 3.05) is 3.53 Å². The Bertz CT molecular complexity index is 354. The maximum absolute atomic E-state index is 11.5. The van der Waals surface area contributed by atoms with E-state index in [4.69, 9.17) is 4.74 Å². The molecule has 0 bridgehead atoms. The first-order valence-corrected chi connectivity index (χ1v) is 6.14. The van der Waals surface area contributed by atoms with E-state index in [0.717, 1.165) is 11.3 Å². The van der Waals surface area contributed by atoms with Crippen LogP contribution in [0.1, 0.15) is 26.3 Å². The van der Waals surface area contributed by atoms with Gasteiger partial charge in [0.2, 0.25) is 0 Å². The zero-order chi connectivity index (χ0) is 12.2. The average Bonchev–Trinajstić information content (AvgIpc) is 2.25. The Balaban J connectivity index is 2.52. The van der Waals surface area contributed by atoms with Gasteiger partial charge in [-0.3, -0.25) is 4.79 Å². The number of carbonyl (C=O) groups excluding carboxylic acids is 1. The van der Waals surface area contributed by atoms with E-state index in [1.807, 2.05) is 45.0 Å². The summed E-state index contributed by atoms with van der Waals surface area (Å²) in [6.07, 6.45) is 0. The summed E-state index contributed by atoms with van der Waals surface area (Å²) in [5.74, 6) is -0.177. The molecule has 1 aromatic rings. The lowest BCUT2D eigenvalue weighted by Gasteiger charge is -2.16. The molecule has 1 aromatic carbocycles. The number of carbonyl (C=O) groups is 1. The third kappa shape index (κ3) is 4.00. The van der Waals surface area contributed by atoms with E-state index in [2.05, 4.69) is 26.4 Å². The number of hydrogen-bond donors (Lipinski definition) is 1. The molecule has 1 N–H and O–H groups in total. The average molecular weight is 333 g/mol. The summed E-state index contributed by atoms with van der Waals surface area (Å²) in [5.41, 5.74) is 1.59. The predicted octanol–water partition coefficient (Wildman–Crippen LogP) is 3.54. The Morgan fingerprint density at radius 3 is 2.31 bits per heavy atom. The summed E-state index contributed by atoms with van der Waals surface area (Å²) in [5, 5.41) is 0. The summed E-state index contributed by atoms with van der Waals surface area (Å²) >= 11 is 2.07. The molecule has 0 aliphatic carbocycles. The molecule has 0 amide bonds. The van der Waals surface area contributed by atoms with Gasteiger partial charge in [0.15, 0.2) is 0 Å². The fourth-order valence-corrected chi connectivity index (χ4v) is 1.39. The minimum Gasteiger partial charge on any atom is -0.460 e. The van der Waals surface area contributed by atoms with E-state index in [1.165, 1.54) is 0 Å². The third-order valence-electron chi connectivity index (χ3n) is 2.05. The highest BCUT2D eigenvalue weighted by molar-refractivity contribution is 14.1. The van der Waals surface area contributed by atoms with Crippen molar-refractivity contribution < 1.29 is 9.53 Å². The number of anilines is 1. The Hall–Kier alpha value is -0.780. The molecule has 0 aliphatic rings. The molecule has 16 heavy (non-hydrogen) atoms. The molecule has 0 spiro atoms. The third-order valence-corrected chi connectivity index (χ3v) is 2.67. The van der Waals surface area contributed by atoms with Crippen molar-refractivity contribution in [2.45, 2.75) is 27.4 Å². The van der Waals surface area contributed by atoms with Gasteiger partial charge in [0.25, 0.3) is 0 Å². The standard InChI is InChI=1S/C12H16INO2/c1-12(2,3)11(15)16-8-9-4-6-10(14-13)7-5-9/h4-7,14H,8H2,1-3H3. The minimum atomic E-state index is -0.441. The predicted molar refractivity (Wildman–Crippen MR) is 73.3 cm³/mol. The van der Waals surface area contributed by atoms with Gasteiger partial charge in [-0.05, 0) is 38.5 Å². The largest absolute Gasteiger partial charge is 0.460 e. The summed E-state index contributed by atoms with van der Waals surface area (Å²) < 4.78 is 8.21. The zero-order valence-electron chi connectivity index (χ0n) is 9.71. The van der Waals surface area contributed by atoms with Crippen LogP contribution in [0, 0.1) is 5.41 Å². The van der Waals surface area contributed by atoms with Crippen LogP contribution in [-0.2, 0) is 16.1 Å². The molecular weight excluding hydrogens is 317 g/mol. The molecule has 0 atom stereocenters. The van der Waals surface area contributed by atoms with Crippen LogP contribution in [0.4, 0.5) is 5.69 Å². The second-order valence-corrected chi connectivity index (χ2v) is 5.16. The van der Waals surface area contributed by atoms with Gasteiger partial charge in [-0.15, -0.1) is 0 Å². The smallest absolute Gasteiger partial charge is 0.311 e. The molecule has 0 radical (unpaired) electrons. The van der Waals surface area contributed by atoms with Gasteiger partial charge in [0.05, 0.1) is 28.3 Å². The Morgan fingerprint density at radius 2 is 1.88 bits per heavy atom. The number of ether oxygens (including phenoxy) is 1. The van der Waals surface area contributed by atoms with E-state index in [9.17, 15) is 4.79 Å². The van der Waals surface area contributed by atoms with Gasteiger partial charge in [-0.25, -0.2) is 0 Å². The maximum atomic E-state index is 11.5. The second-order valence-electron chi connectivity index (χ2n) is 4.62. The molecule has 0 fully saturated rings. The molecular formula is C12H16INO2.